The number of alkyl carbamates (subject to hydrolysis) is 1. The lowest BCUT2D eigenvalue weighted by atomic mass is 9.96. The standard InChI is InChI=1S/C42H76N12O15/c1-11-21(6)29(37(64)53-30(22(7)56)36(63)47-17-28(58)48-25(16-27(43)57)35(62)51-26(18-55)39(66)67)52-33(60)23(13-12-14-46-40(44)45)49-34(61)24(15-19(2)3)50-38(65)31(32(59)20(4)5)54-41(68)69-42(8,9)10/h19-26,29-32,55-56,59H,11-18H2,1-10H3,(H2,43,57)(H,47,63)(H,48,58)(H,49,61)(H,50,65)(H,51,62)(H,52,60)(H,53,64)(H,54,68)(H,66,67)(H4,44,45,46)/t21-,22-,23+,24-,25-,26-,29-,30-,31-,32+/m0/s1. The van der Waals surface area contributed by atoms with Crippen LogP contribution >= 0.6 is 0 Å². The van der Waals surface area contributed by atoms with Gasteiger partial charge in [0.2, 0.25) is 47.3 Å². The third kappa shape index (κ3) is 24.5. The molecule has 0 aromatic carbocycles. The summed E-state index contributed by atoms with van der Waals surface area (Å²) in [7, 11) is 0. The summed E-state index contributed by atoms with van der Waals surface area (Å²) in [4.78, 5) is 130. The van der Waals surface area contributed by atoms with Crippen LogP contribution in [0, 0.1) is 23.2 Å². The maximum Gasteiger partial charge on any atom is 0.408 e. The van der Waals surface area contributed by atoms with Crippen molar-refractivity contribution in [2.45, 2.75) is 161 Å². The van der Waals surface area contributed by atoms with E-state index in [1.165, 1.54) is 0 Å². The molecule has 27 nitrogen and oxygen atoms in total. The average molecular weight is 989 g/mol. The summed E-state index contributed by atoms with van der Waals surface area (Å²) in [5, 5.41) is 68.6. The molecule has 10 atom stereocenters. The maximum atomic E-state index is 14.1. The van der Waals surface area contributed by atoms with Crippen molar-refractivity contribution in [3.05, 3.63) is 0 Å². The number of carbonyl (C=O) groups excluding carboxylic acids is 9. The van der Waals surface area contributed by atoms with E-state index in [0.717, 1.165) is 6.92 Å². The smallest absolute Gasteiger partial charge is 0.408 e. The molecule has 0 fully saturated rings. The fraction of sp³-hybridized carbons (Fsp3) is 0.738. The van der Waals surface area contributed by atoms with Crippen LogP contribution in [0.5, 0.6) is 0 Å². The molecule has 0 aromatic rings. The number of rotatable bonds is 30. The normalized spacial score (nSPS) is 15.7. The Morgan fingerprint density at radius 3 is 1.65 bits per heavy atom. The van der Waals surface area contributed by atoms with E-state index in [-0.39, 0.29) is 44.1 Å². The van der Waals surface area contributed by atoms with Crippen LogP contribution in [-0.4, -0.2) is 166 Å². The zero-order valence-corrected chi connectivity index (χ0v) is 41.0. The maximum absolute atomic E-state index is 14.1. The van der Waals surface area contributed by atoms with Gasteiger partial charge in [-0.05, 0) is 64.7 Å². The molecule has 0 aromatic heterocycles. The minimum atomic E-state index is -1.79. The number of carboxylic acids is 1. The first kappa shape index (κ1) is 62.6. The number of hydrogen-bond acceptors (Lipinski definition) is 15. The van der Waals surface area contributed by atoms with Gasteiger partial charge in [0, 0.05) is 6.54 Å². The SMILES string of the molecule is CC[C@H](C)[C@H](NC(=O)[C@@H](CCCNC(=N)N)NC(=O)[C@H](CC(C)C)NC(=O)[C@@H](NC(=O)OC(C)(C)C)[C@H](O)C(C)C)C(=O)N[C@H](C(=O)NCC(=O)N[C@@H](CC(N)=O)C(=O)N[C@@H](CO)C(=O)O)[C@H](C)O. The van der Waals surface area contributed by atoms with Crippen LogP contribution in [0.2, 0.25) is 0 Å². The lowest BCUT2D eigenvalue weighted by Gasteiger charge is -2.31. The van der Waals surface area contributed by atoms with Gasteiger partial charge in [-0.1, -0.05) is 48.0 Å². The number of carboxylic acid groups (broad SMARTS) is 1. The molecule has 0 heterocycles. The molecule has 0 radical (unpaired) electrons. The third-order valence-electron chi connectivity index (χ3n) is 10.1. The van der Waals surface area contributed by atoms with Crippen LogP contribution in [0.4, 0.5) is 4.79 Å². The topological polar surface area (TPSA) is 445 Å². The minimum absolute atomic E-state index is 0.0260. The predicted octanol–water partition coefficient (Wildman–Crippen LogP) is -4.39. The number of amides is 9. The van der Waals surface area contributed by atoms with Crippen LogP contribution in [0.1, 0.15) is 101 Å². The van der Waals surface area contributed by atoms with Gasteiger partial charge in [0.25, 0.3) is 0 Å². The largest absolute Gasteiger partial charge is 0.480 e. The second-order valence-electron chi connectivity index (χ2n) is 18.3. The van der Waals surface area contributed by atoms with Gasteiger partial charge in [0.05, 0.1) is 31.8 Å². The Balaban J connectivity index is 6.50. The molecule has 0 saturated carbocycles. The van der Waals surface area contributed by atoms with Gasteiger partial charge in [0.15, 0.2) is 5.96 Å². The highest BCUT2D eigenvalue weighted by molar-refractivity contribution is 5.98. The highest BCUT2D eigenvalue weighted by Crippen LogP contribution is 2.14. The Labute approximate surface area is 401 Å². The number of aliphatic hydroxyl groups is 3. The molecule has 0 rings (SSSR count). The number of ether oxygens (including phenoxy) is 1. The van der Waals surface area contributed by atoms with Crippen molar-refractivity contribution in [2.24, 2.45) is 29.2 Å². The zero-order valence-electron chi connectivity index (χ0n) is 41.0. The Morgan fingerprint density at radius 1 is 0.652 bits per heavy atom. The summed E-state index contributed by atoms with van der Waals surface area (Å²) in [5.74, 6) is -11.5. The molecule has 0 saturated heterocycles. The van der Waals surface area contributed by atoms with Crippen LogP contribution in [0.25, 0.3) is 0 Å². The van der Waals surface area contributed by atoms with Crippen molar-refractivity contribution in [3.63, 3.8) is 0 Å². The van der Waals surface area contributed by atoms with Gasteiger partial charge in [-0.15, -0.1) is 0 Å². The van der Waals surface area contributed by atoms with Gasteiger partial charge in [0.1, 0.15) is 47.9 Å². The molecule has 0 aliphatic heterocycles. The summed E-state index contributed by atoms with van der Waals surface area (Å²) in [6.45, 7) is 14.1. The van der Waals surface area contributed by atoms with Gasteiger partial charge in [-0.3, -0.25) is 43.8 Å². The van der Waals surface area contributed by atoms with Gasteiger partial charge in [-0.25, -0.2) is 9.59 Å². The summed E-state index contributed by atoms with van der Waals surface area (Å²) in [5.41, 5.74) is 9.62. The molecular formula is C42H76N12O15. The lowest BCUT2D eigenvalue weighted by Crippen LogP contribution is -2.62. The molecule has 69 heavy (non-hydrogen) atoms. The first-order chi connectivity index (χ1) is 31.8. The van der Waals surface area contributed by atoms with Gasteiger partial charge in [-0.2, -0.15) is 0 Å². The number of primary amides is 1. The third-order valence-corrected chi connectivity index (χ3v) is 10.1. The van der Waals surface area contributed by atoms with Crippen molar-refractivity contribution in [2.75, 3.05) is 19.7 Å². The summed E-state index contributed by atoms with van der Waals surface area (Å²) < 4.78 is 5.28. The molecule has 0 aliphatic carbocycles. The van der Waals surface area contributed by atoms with E-state index in [2.05, 4.69) is 42.5 Å². The zero-order chi connectivity index (χ0) is 53.5. The summed E-state index contributed by atoms with van der Waals surface area (Å²) >= 11 is 0. The molecule has 9 amide bonds. The average Bonchev–Trinajstić information content (AvgIpc) is 3.22. The summed E-state index contributed by atoms with van der Waals surface area (Å²) in [6, 6.07) is -11.0. The molecule has 18 N–H and O–H groups in total. The Hall–Kier alpha value is -6.35. The Morgan fingerprint density at radius 2 is 1.17 bits per heavy atom. The molecular weight excluding hydrogens is 913 g/mol. The van der Waals surface area contributed by atoms with E-state index in [9.17, 15) is 63.3 Å². The first-order valence-electron chi connectivity index (χ1n) is 22.5. The van der Waals surface area contributed by atoms with Crippen molar-refractivity contribution in [1.82, 2.24) is 47.9 Å². The van der Waals surface area contributed by atoms with E-state index < -0.39 is 151 Å². The molecule has 0 aliphatic rings. The van der Waals surface area contributed by atoms with Crippen LogP contribution < -0.4 is 59.3 Å². The fourth-order valence-corrected chi connectivity index (χ4v) is 6.16. The van der Waals surface area contributed by atoms with E-state index in [1.807, 2.05) is 5.32 Å². The predicted molar refractivity (Wildman–Crippen MR) is 247 cm³/mol. The molecule has 27 heteroatoms. The number of aliphatic carboxylic acids is 1. The highest BCUT2D eigenvalue weighted by Gasteiger charge is 2.38. The minimum Gasteiger partial charge on any atom is -0.480 e. The highest BCUT2D eigenvalue weighted by atomic mass is 16.6. The number of guanidine groups is 1. The second kappa shape index (κ2) is 30.2. The van der Waals surface area contributed by atoms with E-state index in [0.29, 0.717) is 0 Å². The number of nitrogens with two attached hydrogens (primary N) is 2. The van der Waals surface area contributed by atoms with Crippen molar-refractivity contribution in [1.29, 1.82) is 5.41 Å². The Bertz CT molecular complexity index is 1790. The molecule has 0 bridgehead atoms. The monoisotopic (exact) mass is 989 g/mol. The summed E-state index contributed by atoms with van der Waals surface area (Å²) in [6.07, 6.45) is -4.49. The number of carbonyl (C=O) groups is 10. The number of nitrogens with one attached hydrogen (secondary N) is 10. The molecule has 0 spiro atoms. The van der Waals surface area contributed by atoms with Crippen molar-refractivity contribution in [3.8, 4) is 0 Å². The van der Waals surface area contributed by atoms with E-state index >= 15 is 0 Å². The van der Waals surface area contributed by atoms with Gasteiger partial charge < -0.3 is 84.5 Å². The van der Waals surface area contributed by atoms with Crippen LogP contribution in [-0.2, 0) is 47.9 Å². The Kier molecular flexibility index (Phi) is 27.4. The lowest BCUT2D eigenvalue weighted by molar-refractivity contribution is -0.143. The van der Waals surface area contributed by atoms with Crippen LogP contribution in [0.3, 0.4) is 0 Å². The molecule has 0 unspecified atom stereocenters. The van der Waals surface area contributed by atoms with Crippen LogP contribution in [0.15, 0.2) is 0 Å². The second-order valence-corrected chi connectivity index (χ2v) is 18.3. The first-order valence-corrected chi connectivity index (χ1v) is 22.5. The van der Waals surface area contributed by atoms with E-state index in [1.54, 1.807) is 62.3 Å². The number of aliphatic hydroxyl groups excluding tert-OH is 3. The quantitative estimate of drug-likeness (QED) is 0.0184. The van der Waals surface area contributed by atoms with E-state index in [4.69, 9.17) is 26.7 Å². The number of hydrogen-bond donors (Lipinski definition) is 16. The van der Waals surface area contributed by atoms with Crippen molar-refractivity contribution >= 4 is 65.3 Å². The molecule has 394 valence electrons. The fourth-order valence-electron chi connectivity index (χ4n) is 6.16. The van der Waals surface area contributed by atoms with Gasteiger partial charge >= 0.3 is 12.1 Å². The van der Waals surface area contributed by atoms with Crippen molar-refractivity contribution < 1.29 is 73.1 Å².